The Bertz CT molecular complexity index is 843. The number of hydrogen-bond donors (Lipinski definition) is 1. The van der Waals surface area contributed by atoms with Crippen molar-refractivity contribution >= 4 is 5.91 Å². The lowest BCUT2D eigenvalue weighted by Gasteiger charge is -2.11. The minimum Gasteiger partial charge on any atom is -0.493 e. The number of nitrogens with zero attached hydrogens (tertiary/aromatic N) is 2. The van der Waals surface area contributed by atoms with E-state index in [0.717, 1.165) is 18.4 Å². The Morgan fingerprint density at radius 3 is 2.65 bits per heavy atom. The molecule has 1 aliphatic rings. The average Bonchev–Trinajstić information content (AvgIpc) is 3.46. The fourth-order valence-corrected chi connectivity index (χ4v) is 2.68. The van der Waals surface area contributed by atoms with Crippen LogP contribution in [-0.4, -0.2) is 35.9 Å². The molecule has 1 fully saturated rings. The van der Waals surface area contributed by atoms with Gasteiger partial charge in [0.25, 0.3) is 5.56 Å². The van der Waals surface area contributed by atoms with Crippen molar-refractivity contribution in [3.63, 3.8) is 0 Å². The number of carbonyl (C=O) groups is 1. The second-order valence-corrected chi connectivity index (χ2v) is 6.30. The first-order valence-corrected chi connectivity index (χ1v) is 8.70. The summed E-state index contributed by atoms with van der Waals surface area (Å²) in [6.45, 7) is 0.401. The van der Waals surface area contributed by atoms with Crippen LogP contribution in [0.4, 0.5) is 0 Å². The van der Waals surface area contributed by atoms with Gasteiger partial charge in [-0.15, -0.1) is 0 Å². The summed E-state index contributed by atoms with van der Waals surface area (Å²) < 4.78 is 12.0. The normalized spacial score (nSPS) is 13.3. The Morgan fingerprint density at radius 2 is 1.96 bits per heavy atom. The minimum atomic E-state index is -0.183. The predicted octanol–water partition coefficient (Wildman–Crippen LogP) is 1.99. The van der Waals surface area contributed by atoms with Gasteiger partial charge in [-0.05, 0) is 43.5 Å². The number of nitrogens with one attached hydrogen (secondary N) is 1. The monoisotopic (exact) mass is 357 g/mol. The molecule has 26 heavy (non-hydrogen) atoms. The van der Waals surface area contributed by atoms with Gasteiger partial charge in [-0.3, -0.25) is 9.59 Å². The molecule has 1 heterocycles. The van der Waals surface area contributed by atoms with Crippen LogP contribution in [0.1, 0.15) is 25.7 Å². The molecule has 1 saturated carbocycles. The topological polar surface area (TPSA) is 82.5 Å². The van der Waals surface area contributed by atoms with Gasteiger partial charge in [-0.2, -0.15) is 5.10 Å². The van der Waals surface area contributed by atoms with E-state index < -0.39 is 0 Å². The van der Waals surface area contributed by atoms with Crippen LogP contribution < -0.4 is 20.3 Å². The van der Waals surface area contributed by atoms with Crippen LogP contribution in [0.3, 0.4) is 0 Å². The van der Waals surface area contributed by atoms with Crippen LogP contribution in [0.5, 0.6) is 11.5 Å². The Labute approximate surface area is 151 Å². The lowest BCUT2D eigenvalue weighted by molar-refractivity contribution is -0.121. The number of carbonyl (C=O) groups excluding carboxylic acids is 1. The molecule has 1 amide bonds. The standard InChI is InChI=1S/C19H23N3O4/c1-25-16-9-5-13(12-17(16)26-2)15-8-10-19(24)22(21-15)11-3-4-18(23)20-14-6-7-14/h5,8-10,12,14H,3-4,6-7,11H2,1-2H3,(H,20,23). The number of aryl methyl sites for hydroxylation is 1. The smallest absolute Gasteiger partial charge is 0.266 e. The van der Waals surface area contributed by atoms with E-state index in [1.54, 1.807) is 26.4 Å². The highest BCUT2D eigenvalue weighted by atomic mass is 16.5. The first kappa shape index (κ1) is 18.0. The van der Waals surface area contributed by atoms with Crippen molar-refractivity contribution in [3.05, 3.63) is 40.7 Å². The van der Waals surface area contributed by atoms with Crippen molar-refractivity contribution in [2.75, 3.05) is 14.2 Å². The number of amides is 1. The summed E-state index contributed by atoms with van der Waals surface area (Å²) in [5.74, 6) is 1.27. The summed E-state index contributed by atoms with van der Waals surface area (Å²) in [7, 11) is 3.15. The summed E-state index contributed by atoms with van der Waals surface area (Å²) in [6.07, 6.45) is 3.10. The van der Waals surface area contributed by atoms with E-state index in [4.69, 9.17) is 9.47 Å². The van der Waals surface area contributed by atoms with Gasteiger partial charge in [-0.1, -0.05) is 0 Å². The van der Waals surface area contributed by atoms with Crippen LogP contribution >= 0.6 is 0 Å². The van der Waals surface area contributed by atoms with E-state index in [1.165, 1.54) is 10.7 Å². The van der Waals surface area contributed by atoms with Crippen molar-refractivity contribution in [2.45, 2.75) is 38.3 Å². The van der Waals surface area contributed by atoms with Crippen molar-refractivity contribution < 1.29 is 14.3 Å². The first-order valence-electron chi connectivity index (χ1n) is 8.70. The van der Waals surface area contributed by atoms with Gasteiger partial charge in [0.15, 0.2) is 11.5 Å². The van der Waals surface area contributed by atoms with Gasteiger partial charge in [0, 0.05) is 30.6 Å². The Kier molecular flexibility index (Phi) is 5.55. The molecule has 0 aliphatic heterocycles. The third-order valence-corrected chi connectivity index (χ3v) is 4.26. The average molecular weight is 357 g/mol. The van der Waals surface area contributed by atoms with Crippen molar-refractivity contribution in [2.24, 2.45) is 0 Å². The zero-order valence-corrected chi connectivity index (χ0v) is 15.0. The molecule has 3 rings (SSSR count). The number of methoxy groups -OCH3 is 2. The largest absolute Gasteiger partial charge is 0.493 e. The molecule has 0 saturated heterocycles. The van der Waals surface area contributed by atoms with Crippen molar-refractivity contribution in [3.8, 4) is 22.8 Å². The molecule has 0 atom stereocenters. The number of rotatable bonds is 8. The molecular formula is C19H23N3O4. The fraction of sp³-hybridized carbons (Fsp3) is 0.421. The third-order valence-electron chi connectivity index (χ3n) is 4.26. The molecule has 7 nitrogen and oxygen atoms in total. The number of benzene rings is 1. The molecule has 0 spiro atoms. The second-order valence-electron chi connectivity index (χ2n) is 6.30. The molecule has 1 aromatic carbocycles. The fourth-order valence-electron chi connectivity index (χ4n) is 2.68. The first-order chi connectivity index (χ1) is 12.6. The van der Waals surface area contributed by atoms with E-state index in [-0.39, 0.29) is 11.5 Å². The van der Waals surface area contributed by atoms with E-state index in [9.17, 15) is 9.59 Å². The van der Waals surface area contributed by atoms with E-state index in [2.05, 4.69) is 10.4 Å². The zero-order valence-electron chi connectivity index (χ0n) is 15.0. The van der Waals surface area contributed by atoms with E-state index >= 15 is 0 Å². The molecule has 0 bridgehead atoms. The molecule has 138 valence electrons. The Morgan fingerprint density at radius 1 is 1.19 bits per heavy atom. The van der Waals surface area contributed by atoms with Gasteiger partial charge >= 0.3 is 0 Å². The van der Waals surface area contributed by atoms with E-state index in [0.29, 0.717) is 42.6 Å². The number of hydrogen-bond acceptors (Lipinski definition) is 5. The molecule has 1 aliphatic carbocycles. The SMILES string of the molecule is COc1ccc(-c2ccc(=O)n(CCCC(=O)NC3CC3)n2)cc1OC. The highest BCUT2D eigenvalue weighted by molar-refractivity contribution is 5.76. The number of ether oxygens (including phenoxy) is 2. The third kappa shape index (κ3) is 4.41. The van der Waals surface area contributed by atoms with Crippen molar-refractivity contribution in [1.82, 2.24) is 15.1 Å². The molecule has 2 aromatic rings. The maximum atomic E-state index is 12.0. The summed E-state index contributed by atoms with van der Waals surface area (Å²) in [5.41, 5.74) is 1.30. The van der Waals surface area contributed by atoms with E-state index in [1.807, 2.05) is 12.1 Å². The molecule has 7 heteroatoms. The quantitative estimate of drug-likeness (QED) is 0.781. The second kappa shape index (κ2) is 8.03. The maximum Gasteiger partial charge on any atom is 0.266 e. The van der Waals surface area contributed by atoms with Gasteiger partial charge in [-0.25, -0.2) is 4.68 Å². The molecular weight excluding hydrogens is 334 g/mol. The lowest BCUT2D eigenvalue weighted by Crippen LogP contribution is -2.27. The molecule has 1 N–H and O–H groups in total. The predicted molar refractivity (Wildman–Crippen MR) is 97.4 cm³/mol. The minimum absolute atomic E-state index is 0.0385. The molecule has 1 aromatic heterocycles. The van der Waals surface area contributed by atoms with Gasteiger partial charge < -0.3 is 14.8 Å². The van der Waals surface area contributed by atoms with Gasteiger partial charge in [0.1, 0.15) is 0 Å². The summed E-state index contributed by atoms with van der Waals surface area (Å²) >= 11 is 0. The highest BCUT2D eigenvalue weighted by Crippen LogP contribution is 2.31. The highest BCUT2D eigenvalue weighted by Gasteiger charge is 2.22. The van der Waals surface area contributed by atoms with Crippen LogP contribution in [0.25, 0.3) is 11.3 Å². The summed E-state index contributed by atoms with van der Waals surface area (Å²) in [5, 5.41) is 7.36. The Balaban J connectivity index is 1.70. The Hall–Kier alpha value is -2.83. The maximum absolute atomic E-state index is 12.0. The molecule has 0 unspecified atom stereocenters. The van der Waals surface area contributed by atoms with Crippen LogP contribution in [0.15, 0.2) is 35.1 Å². The van der Waals surface area contributed by atoms with Crippen LogP contribution in [-0.2, 0) is 11.3 Å². The van der Waals surface area contributed by atoms with Gasteiger partial charge in [0.2, 0.25) is 5.91 Å². The number of aromatic nitrogens is 2. The van der Waals surface area contributed by atoms with Gasteiger partial charge in [0.05, 0.1) is 19.9 Å². The van der Waals surface area contributed by atoms with Crippen molar-refractivity contribution in [1.29, 1.82) is 0 Å². The lowest BCUT2D eigenvalue weighted by atomic mass is 10.1. The molecule has 0 radical (unpaired) electrons. The van der Waals surface area contributed by atoms with Crippen LogP contribution in [0.2, 0.25) is 0 Å². The summed E-state index contributed by atoms with van der Waals surface area (Å²) in [6, 6.07) is 9.01. The van der Waals surface area contributed by atoms with Crippen LogP contribution in [0, 0.1) is 0 Å². The zero-order chi connectivity index (χ0) is 18.5. The summed E-state index contributed by atoms with van der Waals surface area (Å²) in [4.78, 5) is 23.8.